The largest absolute Gasteiger partial charge is 0.309 e. The van der Waals surface area contributed by atoms with Gasteiger partial charge in [0.15, 0.2) is 4.90 Å². The normalized spacial score (nSPS) is 11.5. The van der Waals surface area contributed by atoms with E-state index in [1.807, 2.05) is 0 Å². The summed E-state index contributed by atoms with van der Waals surface area (Å²) >= 11 is 0. The van der Waals surface area contributed by atoms with Crippen molar-refractivity contribution in [2.45, 2.75) is 11.5 Å². The van der Waals surface area contributed by atoms with Crippen LogP contribution in [-0.4, -0.2) is 18.3 Å². The molecule has 3 rings (SSSR count). The molecular weight excluding hydrogens is 332 g/mol. The second-order valence-corrected chi connectivity index (χ2v) is 6.50. The van der Waals surface area contributed by atoms with Crippen molar-refractivity contribution < 1.29 is 17.5 Å². The molecular formula is C16H12N2O5S. The summed E-state index contributed by atoms with van der Waals surface area (Å²) in [6.45, 7) is -0.211. The molecule has 0 aliphatic carbocycles. The Kier molecular flexibility index (Phi) is 4.24. The average molecular weight is 344 g/mol. The fourth-order valence-corrected chi connectivity index (χ4v) is 3.51. The highest BCUT2D eigenvalue weighted by atomic mass is 32.2. The van der Waals surface area contributed by atoms with Gasteiger partial charge in [-0.2, -0.15) is 8.42 Å². The van der Waals surface area contributed by atoms with E-state index in [0.717, 1.165) is 6.20 Å². The fourth-order valence-electron chi connectivity index (χ4n) is 2.28. The number of para-hydroxylation sites is 1. The molecule has 0 unspecified atom stereocenters. The number of pyridine rings is 1. The zero-order valence-corrected chi connectivity index (χ0v) is 13.1. The molecule has 0 radical (unpaired) electrons. The first-order chi connectivity index (χ1) is 11.5. The van der Waals surface area contributed by atoms with Crippen LogP contribution in [0.1, 0.15) is 5.56 Å². The van der Waals surface area contributed by atoms with Crippen molar-refractivity contribution in [2.75, 3.05) is 0 Å². The van der Waals surface area contributed by atoms with E-state index in [2.05, 4.69) is 4.98 Å². The zero-order chi connectivity index (χ0) is 17.2. The third kappa shape index (κ3) is 3.10. The molecule has 7 nitrogen and oxygen atoms in total. The molecule has 0 bridgehead atoms. The number of aromatic nitrogens is 1. The molecule has 0 fully saturated rings. The first-order valence-corrected chi connectivity index (χ1v) is 8.35. The minimum absolute atomic E-state index is 0.153. The summed E-state index contributed by atoms with van der Waals surface area (Å²) in [5.41, 5.74) is 0.369. The summed E-state index contributed by atoms with van der Waals surface area (Å²) in [5.74, 6) is 0. The van der Waals surface area contributed by atoms with Crippen LogP contribution in [0.2, 0.25) is 0 Å². The smallest absolute Gasteiger partial charge is 0.261 e. The van der Waals surface area contributed by atoms with Crippen LogP contribution >= 0.6 is 0 Å². The van der Waals surface area contributed by atoms with Crippen molar-refractivity contribution in [1.29, 1.82) is 0 Å². The van der Waals surface area contributed by atoms with Crippen LogP contribution in [0.25, 0.3) is 10.9 Å². The number of benzene rings is 2. The predicted molar refractivity (Wildman–Crippen MR) is 86.8 cm³/mol. The van der Waals surface area contributed by atoms with Crippen molar-refractivity contribution in [3.63, 3.8) is 0 Å². The summed E-state index contributed by atoms with van der Waals surface area (Å²) in [4.78, 5) is 13.9. The molecule has 0 aliphatic rings. The highest BCUT2D eigenvalue weighted by Crippen LogP contribution is 2.32. The Hall–Kier alpha value is -2.84. The van der Waals surface area contributed by atoms with Crippen LogP contribution in [0.3, 0.4) is 0 Å². The third-order valence-electron chi connectivity index (χ3n) is 3.38. The lowest BCUT2D eigenvalue weighted by Crippen LogP contribution is -2.10. The quantitative estimate of drug-likeness (QED) is 0.401. The van der Waals surface area contributed by atoms with Crippen LogP contribution in [0.15, 0.2) is 65.7 Å². The van der Waals surface area contributed by atoms with Crippen LogP contribution < -0.4 is 0 Å². The van der Waals surface area contributed by atoms with Crippen molar-refractivity contribution in [2.24, 2.45) is 0 Å². The van der Waals surface area contributed by atoms with Gasteiger partial charge < -0.3 is 0 Å². The van der Waals surface area contributed by atoms with Gasteiger partial charge in [-0.05, 0) is 11.6 Å². The van der Waals surface area contributed by atoms with E-state index in [9.17, 15) is 18.5 Å². The molecule has 3 aromatic rings. The topological polar surface area (TPSA) is 99.4 Å². The van der Waals surface area contributed by atoms with E-state index >= 15 is 0 Å². The van der Waals surface area contributed by atoms with E-state index in [-0.39, 0.29) is 12.0 Å². The lowest BCUT2D eigenvalue weighted by Gasteiger charge is -2.09. The summed E-state index contributed by atoms with van der Waals surface area (Å²) < 4.78 is 30.2. The summed E-state index contributed by atoms with van der Waals surface area (Å²) in [7, 11) is -4.34. The van der Waals surface area contributed by atoms with Crippen molar-refractivity contribution in [3.8, 4) is 0 Å². The molecule has 0 atom stereocenters. The minimum atomic E-state index is -4.34. The van der Waals surface area contributed by atoms with Gasteiger partial charge in [-0.1, -0.05) is 48.5 Å². The molecule has 0 aliphatic heterocycles. The Balaban J connectivity index is 2.09. The second kappa shape index (κ2) is 6.34. The van der Waals surface area contributed by atoms with Crippen LogP contribution in [0, 0.1) is 10.1 Å². The summed E-state index contributed by atoms with van der Waals surface area (Å²) in [5, 5.41) is 11.4. The molecule has 8 heteroatoms. The molecule has 1 aromatic heterocycles. The summed E-state index contributed by atoms with van der Waals surface area (Å²) in [6, 6.07) is 15.0. The SMILES string of the molecule is O=[N+]([O-])c1cnc2ccccc2c1S(=O)(=O)OCc1ccccc1. The zero-order valence-electron chi connectivity index (χ0n) is 12.3. The standard InChI is InChI=1S/C16H12N2O5S/c19-18(20)15-10-17-14-9-5-4-8-13(14)16(15)24(21,22)23-11-12-6-2-1-3-7-12/h1-10H,11H2. The average Bonchev–Trinajstić information content (AvgIpc) is 2.59. The van der Waals surface area contributed by atoms with E-state index in [1.54, 1.807) is 48.5 Å². The van der Waals surface area contributed by atoms with Crippen LogP contribution in [0.4, 0.5) is 5.69 Å². The van der Waals surface area contributed by atoms with E-state index in [4.69, 9.17) is 4.18 Å². The third-order valence-corrected chi connectivity index (χ3v) is 4.73. The Bertz CT molecular complexity index is 1000. The van der Waals surface area contributed by atoms with Gasteiger partial charge in [-0.15, -0.1) is 0 Å². The number of fused-ring (bicyclic) bond motifs is 1. The van der Waals surface area contributed by atoms with Gasteiger partial charge in [0.05, 0.1) is 17.0 Å². The van der Waals surface area contributed by atoms with Gasteiger partial charge in [-0.25, -0.2) is 4.98 Å². The molecule has 0 spiro atoms. The molecule has 0 saturated heterocycles. The molecule has 122 valence electrons. The maximum Gasteiger partial charge on any atom is 0.309 e. The van der Waals surface area contributed by atoms with Crippen molar-refractivity contribution in [3.05, 3.63) is 76.5 Å². The van der Waals surface area contributed by atoms with Gasteiger partial charge in [0.25, 0.3) is 0 Å². The second-order valence-electron chi connectivity index (χ2n) is 4.95. The Morgan fingerprint density at radius 2 is 1.71 bits per heavy atom. The van der Waals surface area contributed by atoms with E-state index in [1.165, 1.54) is 6.07 Å². The molecule has 0 N–H and O–H groups in total. The van der Waals surface area contributed by atoms with E-state index < -0.39 is 25.6 Å². The van der Waals surface area contributed by atoms with Gasteiger partial charge in [-0.3, -0.25) is 14.3 Å². The van der Waals surface area contributed by atoms with Crippen molar-refractivity contribution in [1.82, 2.24) is 4.98 Å². The van der Waals surface area contributed by atoms with Gasteiger partial charge in [0.1, 0.15) is 6.20 Å². The Morgan fingerprint density at radius 1 is 1.04 bits per heavy atom. The molecule has 1 heterocycles. The highest BCUT2D eigenvalue weighted by molar-refractivity contribution is 7.87. The van der Waals surface area contributed by atoms with Gasteiger partial charge >= 0.3 is 15.8 Å². The maximum atomic E-state index is 12.6. The number of hydrogen-bond acceptors (Lipinski definition) is 6. The molecule has 0 saturated carbocycles. The van der Waals surface area contributed by atoms with Gasteiger partial charge in [0.2, 0.25) is 0 Å². The van der Waals surface area contributed by atoms with Crippen molar-refractivity contribution >= 4 is 26.7 Å². The lowest BCUT2D eigenvalue weighted by molar-refractivity contribution is -0.388. The number of hydrogen-bond donors (Lipinski definition) is 0. The molecule has 0 amide bonds. The highest BCUT2D eigenvalue weighted by Gasteiger charge is 2.30. The fraction of sp³-hybridized carbons (Fsp3) is 0.0625. The Morgan fingerprint density at radius 3 is 2.42 bits per heavy atom. The number of rotatable bonds is 5. The Labute approximate surface area is 137 Å². The minimum Gasteiger partial charge on any atom is -0.261 e. The van der Waals surface area contributed by atoms with Crippen LogP contribution in [-0.2, 0) is 20.9 Å². The summed E-state index contributed by atoms with van der Waals surface area (Å²) in [6.07, 6.45) is 0.932. The molecule has 24 heavy (non-hydrogen) atoms. The maximum absolute atomic E-state index is 12.6. The molecule has 2 aromatic carbocycles. The lowest BCUT2D eigenvalue weighted by atomic mass is 10.2. The monoisotopic (exact) mass is 344 g/mol. The first-order valence-electron chi connectivity index (χ1n) is 6.94. The number of nitro groups is 1. The number of nitrogens with zero attached hydrogens (tertiary/aromatic N) is 2. The van der Waals surface area contributed by atoms with Gasteiger partial charge in [0, 0.05) is 5.39 Å². The van der Waals surface area contributed by atoms with Crippen LogP contribution in [0.5, 0.6) is 0 Å². The van der Waals surface area contributed by atoms with E-state index in [0.29, 0.717) is 11.1 Å². The predicted octanol–water partition coefficient (Wildman–Crippen LogP) is 3.05. The first kappa shape index (κ1) is 16.0.